The van der Waals surface area contributed by atoms with Gasteiger partial charge >= 0.3 is 6.61 Å². The summed E-state index contributed by atoms with van der Waals surface area (Å²) >= 11 is 0. The van der Waals surface area contributed by atoms with E-state index in [1.54, 1.807) is 6.07 Å². The van der Waals surface area contributed by atoms with Gasteiger partial charge in [0.15, 0.2) is 17.5 Å². The number of halogens is 2. The second-order valence-electron chi connectivity index (χ2n) is 6.62. The van der Waals surface area contributed by atoms with Crippen molar-refractivity contribution in [2.75, 3.05) is 32.3 Å². The first-order valence-electron chi connectivity index (χ1n) is 9.49. The van der Waals surface area contributed by atoms with Crippen LogP contribution in [0.5, 0.6) is 17.2 Å². The maximum atomic E-state index is 12.8. The van der Waals surface area contributed by atoms with Crippen LogP contribution in [0.4, 0.5) is 14.6 Å². The fraction of sp³-hybridized carbons (Fsp3) is 0.400. The molecule has 1 aliphatic heterocycles. The van der Waals surface area contributed by atoms with Crippen LogP contribution >= 0.6 is 0 Å². The number of rotatable bonds is 8. The van der Waals surface area contributed by atoms with Crippen LogP contribution in [0.15, 0.2) is 35.3 Å². The highest BCUT2D eigenvalue weighted by molar-refractivity contribution is 5.79. The third-order valence-corrected chi connectivity index (χ3v) is 4.21. The fourth-order valence-electron chi connectivity index (χ4n) is 2.79. The van der Waals surface area contributed by atoms with E-state index in [1.165, 1.54) is 6.07 Å². The molecule has 1 aliphatic rings. The molecule has 0 saturated heterocycles. The summed E-state index contributed by atoms with van der Waals surface area (Å²) in [6, 6.07) is 8.78. The zero-order chi connectivity index (χ0) is 21.5. The number of aliphatic imine (C=N–C) groups is 1. The molecule has 0 aliphatic carbocycles. The van der Waals surface area contributed by atoms with Gasteiger partial charge in [0.05, 0.1) is 18.8 Å². The Morgan fingerprint density at radius 3 is 2.70 bits per heavy atom. The van der Waals surface area contributed by atoms with Crippen molar-refractivity contribution in [1.29, 1.82) is 0 Å². The first-order valence-corrected chi connectivity index (χ1v) is 9.49. The van der Waals surface area contributed by atoms with Crippen molar-refractivity contribution >= 4 is 11.8 Å². The summed E-state index contributed by atoms with van der Waals surface area (Å²) in [5, 5.41) is 6.33. The molecule has 0 fully saturated rings. The topological polar surface area (TPSA) is 80.2 Å². The molecule has 0 spiro atoms. The molecule has 2 aromatic rings. The molecule has 162 valence electrons. The van der Waals surface area contributed by atoms with Crippen LogP contribution in [0.1, 0.15) is 18.2 Å². The van der Waals surface area contributed by atoms with E-state index in [0.29, 0.717) is 36.1 Å². The number of fused-ring (bicyclic) bond motifs is 1. The Labute approximate surface area is 173 Å². The quantitative estimate of drug-likeness (QED) is 0.501. The lowest BCUT2D eigenvalue weighted by Gasteiger charge is -2.15. The van der Waals surface area contributed by atoms with Crippen LogP contribution < -0.4 is 29.7 Å². The van der Waals surface area contributed by atoms with Gasteiger partial charge in [-0.25, -0.2) is 9.98 Å². The van der Waals surface area contributed by atoms with Crippen LogP contribution in [0.25, 0.3) is 0 Å². The van der Waals surface area contributed by atoms with Crippen molar-refractivity contribution in [3.8, 4) is 17.2 Å². The first kappa shape index (κ1) is 21.4. The van der Waals surface area contributed by atoms with Crippen LogP contribution in [-0.4, -0.2) is 45.0 Å². The number of pyridine rings is 1. The third-order valence-electron chi connectivity index (χ3n) is 4.21. The maximum absolute atomic E-state index is 12.8. The number of ether oxygens (including phenoxy) is 3. The van der Waals surface area contributed by atoms with Crippen molar-refractivity contribution in [1.82, 2.24) is 15.6 Å². The highest BCUT2D eigenvalue weighted by Gasteiger charge is 2.20. The minimum atomic E-state index is -2.95. The summed E-state index contributed by atoms with van der Waals surface area (Å²) in [6.45, 7) is 0.231. The molecule has 0 unspecified atom stereocenters. The Kier molecular flexibility index (Phi) is 7.10. The number of anilines is 1. The van der Waals surface area contributed by atoms with Gasteiger partial charge < -0.3 is 29.7 Å². The Morgan fingerprint density at radius 1 is 1.23 bits per heavy atom. The van der Waals surface area contributed by atoms with Gasteiger partial charge in [0, 0.05) is 32.3 Å². The number of hydrogen-bond acceptors (Lipinski definition) is 6. The molecule has 0 bridgehead atoms. The normalized spacial score (nSPS) is 12.8. The summed E-state index contributed by atoms with van der Waals surface area (Å²) in [4.78, 5) is 11.0. The highest BCUT2D eigenvalue weighted by atomic mass is 19.3. The molecule has 0 saturated carbocycles. The van der Waals surface area contributed by atoms with Gasteiger partial charge in [0.25, 0.3) is 0 Å². The van der Waals surface area contributed by atoms with E-state index in [9.17, 15) is 8.78 Å². The number of nitrogens with one attached hydrogen (secondary N) is 2. The summed E-state index contributed by atoms with van der Waals surface area (Å²) in [7, 11) is 3.85. The molecule has 0 amide bonds. The largest absolute Gasteiger partial charge is 0.454 e. The highest BCUT2D eigenvalue weighted by Crippen LogP contribution is 2.39. The predicted molar refractivity (Wildman–Crippen MR) is 109 cm³/mol. The van der Waals surface area contributed by atoms with Gasteiger partial charge in [-0.3, -0.25) is 0 Å². The van der Waals surface area contributed by atoms with Gasteiger partial charge in [0.1, 0.15) is 11.6 Å². The SMILES string of the molecule is CCNC(=NCc1cc2c(cc1OC(F)F)OCO2)NCc1cccc(N(C)C)n1. The van der Waals surface area contributed by atoms with E-state index in [0.717, 1.165) is 11.5 Å². The van der Waals surface area contributed by atoms with Crippen molar-refractivity contribution in [3.05, 3.63) is 41.6 Å². The molecule has 2 heterocycles. The van der Waals surface area contributed by atoms with Gasteiger partial charge in [0.2, 0.25) is 6.79 Å². The second kappa shape index (κ2) is 9.95. The molecule has 1 aromatic heterocycles. The van der Waals surface area contributed by atoms with E-state index in [1.807, 2.05) is 44.1 Å². The molecule has 2 N–H and O–H groups in total. The van der Waals surface area contributed by atoms with E-state index >= 15 is 0 Å². The Morgan fingerprint density at radius 2 is 2.00 bits per heavy atom. The number of hydrogen-bond donors (Lipinski definition) is 2. The third kappa shape index (κ3) is 5.62. The predicted octanol–water partition coefficient (Wildman–Crippen LogP) is 2.73. The van der Waals surface area contributed by atoms with E-state index < -0.39 is 6.61 Å². The molecular formula is C20H25F2N5O3. The number of aromatic nitrogens is 1. The number of benzene rings is 1. The lowest BCUT2D eigenvalue weighted by atomic mass is 10.1. The zero-order valence-electron chi connectivity index (χ0n) is 17.1. The summed E-state index contributed by atoms with van der Waals surface area (Å²) < 4.78 is 40.8. The molecule has 30 heavy (non-hydrogen) atoms. The van der Waals surface area contributed by atoms with Gasteiger partial charge in [-0.15, -0.1) is 0 Å². The van der Waals surface area contributed by atoms with Crippen LogP contribution in [-0.2, 0) is 13.1 Å². The minimum absolute atomic E-state index is 0.00852. The van der Waals surface area contributed by atoms with Gasteiger partial charge in [-0.05, 0) is 25.1 Å². The van der Waals surface area contributed by atoms with Crippen molar-refractivity contribution in [2.24, 2.45) is 4.99 Å². The first-order chi connectivity index (χ1) is 14.5. The number of guanidine groups is 1. The number of nitrogens with zero attached hydrogens (tertiary/aromatic N) is 3. The maximum Gasteiger partial charge on any atom is 0.387 e. The Balaban J connectivity index is 1.73. The lowest BCUT2D eigenvalue weighted by Crippen LogP contribution is -2.37. The molecule has 3 rings (SSSR count). The zero-order valence-corrected chi connectivity index (χ0v) is 17.1. The van der Waals surface area contributed by atoms with E-state index in [2.05, 4.69) is 25.3 Å². The fourth-order valence-corrected chi connectivity index (χ4v) is 2.79. The van der Waals surface area contributed by atoms with Crippen molar-refractivity contribution in [3.63, 3.8) is 0 Å². The smallest absolute Gasteiger partial charge is 0.387 e. The van der Waals surface area contributed by atoms with Crippen LogP contribution in [0.2, 0.25) is 0 Å². The van der Waals surface area contributed by atoms with Crippen molar-refractivity contribution in [2.45, 2.75) is 26.6 Å². The average molecular weight is 421 g/mol. The summed E-state index contributed by atoms with van der Waals surface area (Å²) in [5.41, 5.74) is 1.31. The average Bonchev–Trinajstić information content (AvgIpc) is 3.17. The van der Waals surface area contributed by atoms with Crippen molar-refractivity contribution < 1.29 is 23.0 Å². The Hall–Kier alpha value is -3.30. The Bertz CT molecular complexity index is 893. The van der Waals surface area contributed by atoms with Crippen LogP contribution in [0, 0.1) is 0 Å². The van der Waals surface area contributed by atoms with Gasteiger partial charge in [-0.2, -0.15) is 8.78 Å². The van der Waals surface area contributed by atoms with Crippen LogP contribution in [0.3, 0.4) is 0 Å². The van der Waals surface area contributed by atoms with Gasteiger partial charge in [-0.1, -0.05) is 6.07 Å². The van der Waals surface area contributed by atoms with E-state index in [-0.39, 0.29) is 19.1 Å². The molecule has 0 atom stereocenters. The lowest BCUT2D eigenvalue weighted by molar-refractivity contribution is -0.0505. The monoisotopic (exact) mass is 421 g/mol. The molecule has 8 nitrogen and oxygen atoms in total. The van der Waals surface area contributed by atoms with E-state index in [4.69, 9.17) is 9.47 Å². The second-order valence-corrected chi connectivity index (χ2v) is 6.62. The molecule has 10 heteroatoms. The molecule has 0 radical (unpaired) electrons. The standard InChI is InChI=1S/C20H25F2N5O3/c1-4-23-20(25-11-14-6-5-7-18(26-14)27(2)3)24-10-13-8-16-17(29-12-28-16)9-15(13)30-19(21)22/h5-9,19H,4,10-12H2,1-3H3,(H2,23,24,25). The summed E-state index contributed by atoms with van der Waals surface area (Å²) in [6.07, 6.45) is 0. The number of alkyl halides is 2. The molecule has 1 aromatic carbocycles. The molecular weight excluding hydrogens is 396 g/mol. The summed E-state index contributed by atoms with van der Waals surface area (Å²) in [5.74, 6) is 2.23. The minimum Gasteiger partial charge on any atom is -0.454 e.